The molecule has 8 heteroatoms. The number of carbonyl (C=O) groups excluding carboxylic acids is 1. The number of amides is 1. The number of aryl methyl sites for hydroxylation is 1. The Bertz CT molecular complexity index is 867. The van der Waals surface area contributed by atoms with Crippen LogP contribution in [0.5, 0.6) is 0 Å². The van der Waals surface area contributed by atoms with Gasteiger partial charge in [-0.3, -0.25) is 4.79 Å². The molecular weight excluding hydrogens is 451 g/mol. The van der Waals surface area contributed by atoms with E-state index in [2.05, 4.69) is 17.4 Å². The Hall–Kier alpha value is -1.90. The van der Waals surface area contributed by atoms with Crippen molar-refractivity contribution >= 4 is 25.4 Å². The molecule has 1 amide bonds. The molecule has 1 fully saturated rings. The van der Waals surface area contributed by atoms with Crippen molar-refractivity contribution < 1.29 is 18.8 Å². The first-order valence-corrected chi connectivity index (χ1v) is 11.8. The van der Waals surface area contributed by atoms with Gasteiger partial charge >= 0.3 is 7.12 Å². The van der Waals surface area contributed by atoms with Crippen molar-refractivity contribution in [2.45, 2.75) is 76.7 Å². The zero-order valence-electron chi connectivity index (χ0n) is 20.7. The van der Waals surface area contributed by atoms with Crippen molar-refractivity contribution in [1.82, 2.24) is 5.32 Å². The monoisotopic (exact) mass is 488 g/mol. The Morgan fingerprint density at radius 3 is 2.06 bits per heavy atom. The molecule has 2 aromatic carbocycles. The molecule has 6 nitrogen and oxygen atoms in total. The first-order valence-electron chi connectivity index (χ1n) is 11.8. The van der Waals surface area contributed by atoms with E-state index < -0.39 is 24.4 Å². The van der Waals surface area contributed by atoms with Gasteiger partial charge < -0.3 is 25.1 Å². The molecule has 0 aromatic heterocycles. The average molecular weight is 489 g/mol. The minimum Gasteiger partial charge on any atom is -0.402 e. The van der Waals surface area contributed by atoms with Gasteiger partial charge in [-0.15, -0.1) is 12.4 Å². The number of hydrogen-bond acceptors (Lipinski definition) is 5. The molecule has 1 heterocycles. The predicted molar refractivity (Wildman–Crippen MR) is 139 cm³/mol. The van der Waals surface area contributed by atoms with Crippen LogP contribution in [0.3, 0.4) is 0 Å². The highest BCUT2D eigenvalue weighted by molar-refractivity contribution is 6.48. The van der Waals surface area contributed by atoms with Gasteiger partial charge in [0.25, 0.3) is 0 Å². The summed E-state index contributed by atoms with van der Waals surface area (Å²) in [6.07, 6.45) is 2.52. The van der Waals surface area contributed by atoms with Crippen LogP contribution >= 0.6 is 12.4 Å². The Balaban J connectivity index is 0.00000408. The van der Waals surface area contributed by atoms with Gasteiger partial charge in [-0.1, -0.05) is 60.7 Å². The second-order valence-corrected chi connectivity index (χ2v) is 9.72. The predicted octanol–water partition coefficient (Wildman–Crippen LogP) is 4.09. The van der Waals surface area contributed by atoms with Gasteiger partial charge in [0.05, 0.1) is 30.4 Å². The summed E-state index contributed by atoms with van der Waals surface area (Å²) in [6.45, 7) is 8.61. The van der Waals surface area contributed by atoms with Crippen LogP contribution in [0.15, 0.2) is 60.7 Å². The van der Waals surface area contributed by atoms with Crippen molar-refractivity contribution in [3.05, 3.63) is 71.8 Å². The Morgan fingerprint density at radius 2 is 1.50 bits per heavy atom. The number of halogens is 1. The zero-order chi connectivity index (χ0) is 23.9. The van der Waals surface area contributed by atoms with Crippen LogP contribution in [-0.4, -0.2) is 42.8 Å². The summed E-state index contributed by atoms with van der Waals surface area (Å²) < 4.78 is 18.1. The maximum atomic E-state index is 12.9. The van der Waals surface area contributed by atoms with E-state index in [4.69, 9.17) is 19.8 Å². The van der Waals surface area contributed by atoms with Crippen LogP contribution in [0.25, 0.3) is 0 Å². The van der Waals surface area contributed by atoms with E-state index in [9.17, 15) is 4.79 Å². The largest absolute Gasteiger partial charge is 0.481 e. The third kappa shape index (κ3) is 7.82. The summed E-state index contributed by atoms with van der Waals surface area (Å²) in [5.74, 6) is -0.565. The molecule has 1 aliphatic rings. The summed E-state index contributed by atoms with van der Waals surface area (Å²) in [5, 5.41) is 3.08. The van der Waals surface area contributed by atoms with E-state index in [0.29, 0.717) is 6.61 Å². The fraction of sp³-hybridized carbons (Fsp3) is 0.500. The third-order valence-electron chi connectivity index (χ3n) is 6.50. The molecule has 0 aliphatic carbocycles. The molecule has 3 rings (SSSR count). The minimum absolute atomic E-state index is 0. The van der Waals surface area contributed by atoms with Crippen molar-refractivity contribution in [2.75, 3.05) is 6.61 Å². The highest BCUT2D eigenvalue weighted by atomic mass is 35.5. The second-order valence-electron chi connectivity index (χ2n) is 9.72. The van der Waals surface area contributed by atoms with E-state index in [0.717, 1.165) is 24.8 Å². The Labute approximate surface area is 210 Å². The molecule has 0 spiro atoms. The fourth-order valence-corrected chi connectivity index (χ4v) is 3.74. The van der Waals surface area contributed by atoms with Gasteiger partial charge in [-0.2, -0.15) is 0 Å². The quantitative estimate of drug-likeness (QED) is 0.466. The number of ether oxygens (including phenoxy) is 1. The summed E-state index contributed by atoms with van der Waals surface area (Å²) in [4.78, 5) is 12.9. The maximum Gasteiger partial charge on any atom is 0.481 e. The van der Waals surface area contributed by atoms with E-state index >= 15 is 0 Å². The molecular formula is C26H38BClN2O4. The van der Waals surface area contributed by atoms with Crippen molar-refractivity contribution in [3.8, 4) is 0 Å². The first kappa shape index (κ1) is 28.3. The molecule has 1 saturated heterocycles. The van der Waals surface area contributed by atoms with Gasteiger partial charge in [0.15, 0.2) is 0 Å². The molecule has 0 saturated carbocycles. The maximum absolute atomic E-state index is 12.9. The molecule has 2 aromatic rings. The smallest absolute Gasteiger partial charge is 0.402 e. The zero-order valence-corrected chi connectivity index (χ0v) is 21.5. The molecule has 2 unspecified atom stereocenters. The highest BCUT2D eigenvalue weighted by Gasteiger charge is 2.54. The number of rotatable bonds is 11. The molecule has 186 valence electrons. The van der Waals surface area contributed by atoms with Gasteiger partial charge in [0, 0.05) is 0 Å². The van der Waals surface area contributed by atoms with Crippen LogP contribution in [0.4, 0.5) is 0 Å². The number of hydrogen-bond donors (Lipinski definition) is 2. The number of benzene rings is 2. The van der Waals surface area contributed by atoms with Crippen molar-refractivity contribution in [2.24, 2.45) is 5.73 Å². The first-order chi connectivity index (χ1) is 15.7. The summed E-state index contributed by atoms with van der Waals surface area (Å²) in [6, 6.07) is 19.4. The molecule has 2 atom stereocenters. The minimum atomic E-state index is -0.771. The highest BCUT2D eigenvalue weighted by Crippen LogP contribution is 2.38. The lowest BCUT2D eigenvalue weighted by Crippen LogP contribution is -2.53. The lowest BCUT2D eigenvalue weighted by molar-refractivity contribution is -0.124. The molecule has 3 N–H and O–H groups in total. The van der Waals surface area contributed by atoms with Gasteiger partial charge in [0.1, 0.15) is 6.04 Å². The molecule has 1 aliphatic heterocycles. The van der Waals surface area contributed by atoms with E-state index in [1.807, 2.05) is 76.2 Å². The SMILES string of the molecule is CC1(C)OB(C(CCCc2ccccc2)NC(=O)C(N)COCc2ccccc2)OC1(C)C.Cl. The van der Waals surface area contributed by atoms with Crippen LogP contribution in [0, 0.1) is 0 Å². The summed E-state index contributed by atoms with van der Waals surface area (Å²) in [7, 11) is -0.535. The normalized spacial score (nSPS) is 18.1. The van der Waals surface area contributed by atoms with Crippen LogP contribution in [0.1, 0.15) is 51.7 Å². The Kier molecular flexibility index (Phi) is 10.6. The molecule has 34 heavy (non-hydrogen) atoms. The summed E-state index contributed by atoms with van der Waals surface area (Å²) >= 11 is 0. The van der Waals surface area contributed by atoms with Crippen molar-refractivity contribution in [3.63, 3.8) is 0 Å². The van der Waals surface area contributed by atoms with Gasteiger partial charge in [0.2, 0.25) is 5.91 Å². The Morgan fingerprint density at radius 1 is 0.971 bits per heavy atom. The van der Waals surface area contributed by atoms with E-state index in [1.165, 1.54) is 5.56 Å². The van der Waals surface area contributed by atoms with Crippen LogP contribution in [0.2, 0.25) is 0 Å². The molecule has 0 bridgehead atoms. The summed E-state index contributed by atoms with van der Waals surface area (Å²) in [5.41, 5.74) is 7.50. The van der Waals surface area contributed by atoms with E-state index in [-0.39, 0.29) is 30.9 Å². The number of carbonyl (C=O) groups is 1. The molecule has 0 radical (unpaired) electrons. The average Bonchev–Trinajstić information content (AvgIpc) is 3.01. The topological polar surface area (TPSA) is 82.8 Å². The number of nitrogens with two attached hydrogens (primary N) is 1. The fourth-order valence-electron chi connectivity index (χ4n) is 3.74. The lowest BCUT2D eigenvalue weighted by atomic mass is 9.75. The standard InChI is InChI=1S/C26H37BN2O4.ClH/c1-25(2)26(3,4)33-27(32-25)23(17-11-16-20-12-7-5-8-13-20)29-24(30)22(28)19-31-18-21-14-9-6-10-15-21;/h5-10,12-15,22-23H,11,16-19,28H2,1-4H3,(H,29,30);1H. The van der Waals surface area contributed by atoms with Crippen LogP contribution < -0.4 is 11.1 Å². The third-order valence-corrected chi connectivity index (χ3v) is 6.50. The lowest BCUT2D eigenvalue weighted by Gasteiger charge is -2.32. The number of nitrogens with one attached hydrogen (secondary N) is 1. The van der Waals surface area contributed by atoms with Gasteiger partial charge in [-0.25, -0.2) is 0 Å². The second kappa shape index (κ2) is 12.7. The van der Waals surface area contributed by atoms with Crippen molar-refractivity contribution in [1.29, 1.82) is 0 Å². The van der Waals surface area contributed by atoms with E-state index in [1.54, 1.807) is 0 Å². The van der Waals surface area contributed by atoms with Crippen LogP contribution in [-0.2, 0) is 31.9 Å². The van der Waals surface area contributed by atoms with Gasteiger partial charge in [-0.05, 0) is 58.1 Å².